The van der Waals surface area contributed by atoms with Crippen molar-refractivity contribution in [1.29, 1.82) is 0 Å². The van der Waals surface area contributed by atoms with Crippen LogP contribution in [0.5, 0.6) is 0 Å². The Balaban J connectivity index is 1.96. The van der Waals surface area contributed by atoms with Crippen LogP contribution in [0.1, 0.15) is 24.2 Å². The number of carbonyl (C=O) groups excluding carboxylic acids is 2. The van der Waals surface area contributed by atoms with Gasteiger partial charge in [-0.2, -0.15) is 0 Å². The van der Waals surface area contributed by atoms with Gasteiger partial charge < -0.3 is 20.3 Å². The zero-order chi connectivity index (χ0) is 18.5. The highest BCUT2D eigenvalue weighted by molar-refractivity contribution is 6.09. The van der Waals surface area contributed by atoms with Crippen molar-refractivity contribution in [2.45, 2.75) is 18.6 Å². The number of anilines is 1. The first-order valence-electron chi connectivity index (χ1n) is 8.23. The number of para-hydroxylation sites is 1. The average molecular weight is 350 g/mol. The Morgan fingerprint density at radius 1 is 1.31 bits per heavy atom. The molecule has 0 bridgehead atoms. The molecule has 3 N–H and O–H groups in total. The summed E-state index contributed by atoms with van der Waals surface area (Å²) in [5, 5.41) is 14.8. The maximum Gasteiger partial charge on any atom is 0.260 e. The van der Waals surface area contributed by atoms with E-state index in [-0.39, 0.29) is 5.91 Å². The molecule has 3 heterocycles. The largest absolute Gasteiger partial charge is 0.385 e. The lowest BCUT2D eigenvalue weighted by molar-refractivity contribution is -0.135. The molecule has 1 aliphatic rings. The molecule has 0 fully saturated rings. The predicted octanol–water partition coefficient (Wildman–Crippen LogP) is 1.60. The molecule has 26 heavy (non-hydrogen) atoms. The Hall–Kier alpha value is -3.19. The van der Waals surface area contributed by atoms with E-state index in [1.165, 1.54) is 11.8 Å². The molecule has 132 valence electrons. The summed E-state index contributed by atoms with van der Waals surface area (Å²) >= 11 is 0. The summed E-state index contributed by atoms with van der Waals surface area (Å²) in [6.45, 7) is 1.33. The number of aliphatic hydroxyl groups is 1. The summed E-state index contributed by atoms with van der Waals surface area (Å²) < 4.78 is 0. The van der Waals surface area contributed by atoms with Gasteiger partial charge in [0, 0.05) is 48.6 Å². The third-order valence-electron chi connectivity index (χ3n) is 4.89. The molecule has 7 nitrogen and oxygen atoms in total. The average Bonchev–Trinajstić information content (AvgIpc) is 3.16. The van der Waals surface area contributed by atoms with Gasteiger partial charge in [0.15, 0.2) is 5.54 Å². The minimum atomic E-state index is -1.60. The quantitative estimate of drug-likeness (QED) is 0.668. The smallest absolute Gasteiger partial charge is 0.260 e. The fourth-order valence-electron chi connectivity index (χ4n) is 3.76. The van der Waals surface area contributed by atoms with E-state index in [2.05, 4.69) is 15.3 Å². The second-order valence-corrected chi connectivity index (χ2v) is 6.42. The Morgan fingerprint density at radius 3 is 2.85 bits per heavy atom. The number of hydrogen-bond donors (Lipinski definition) is 3. The lowest BCUT2D eigenvalue weighted by Crippen LogP contribution is -2.55. The van der Waals surface area contributed by atoms with Crippen LogP contribution in [0.2, 0.25) is 0 Å². The maximum absolute atomic E-state index is 13.2. The molecule has 7 heteroatoms. The van der Waals surface area contributed by atoms with Crippen molar-refractivity contribution in [1.82, 2.24) is 15.3 Å². The van der Waals surface area contributed by atoms with Crippen LogP contribution < -0.4 is 10.2 Å². The van der Waals surface area contributed by atoms with Crippen molar-refractivity contribution in [2.75, 3.05) is 11.9 Å². The van der Waals surface area contributed by atoms with Crippen LogP contribution >= 0.6 is 0 Å². The normalized spacial score (nSPS) is 20.3. The van der Waals surface area contributed by atoms with Crippen LogP contribution in [0, 0.1) is 0 Å². The molecule has 2 unspecified atom stereocenters. The number of H-pyrrole nitrogens is 1. The van der Waals surface area contributed by atoms with Crippen molar-refractivity contribution < 1.29 is 14.7 Å². The van der Waals surface area contributed by atoms with Gasteiger partial charge in [0.05, 0.1) is 0 Å². The molecule has 1 aliphatic heterocycles. The summed E-state index contributed by atoms with van der Waals surface area (Å²) in [6, 6.07) is 10.7. The molecule has 0 aliphatic carbocycles. The molecule has 0 saturated carbocycles. The Morgan fingerprint density at radius 2 is 2.08 bits per heavy atom. The van der Waals surface area contributed by atoms with Crippen molar-refractivity contribution in [2.24, 2.45) is 0 Å². The minimum absolute atomic E-state index is 0.389. The van der Waals surface area contributed by atoms with Crippen molar-refractivity contribution in [3.8, 4) is 0 Å². The standard InChI is InChI=1S/C19H18N4O3/c1-11(24)22-19(14-7-3-4-8-15(14)23(2)18(19)26)16(25)13-10-21-17-12(13)6-5-9-20-17/h3-10,16,25H,1-2H3,(H,20,21)(H,22,24). The number of benzene rings is 1. The molecule has 1 aromatic carbocycles. The molecular weight excluding hydrogens is 332 g/mol. The monoisotopic (exact) mass is 350 g/mol. The summed E-state index contributed by atoms with van der Waals surface area (Å²) in [6.07, 6.45) is 1.98. The van der Waals surface area contributed by atoms with Crippen LogP contribution in [0.3, 0.4) is 0 Å². The number of hydrogen-bond acceptors (Lipinski definition) is 4. The molecule has 2 aromatic heterocycles. The van der Waals surface area contributed by atoms with Crippen molar-refractivity contribution >= 4 is 28.5 Å². The third-order valence-corrected chi connectivity index (χ3v) is 4.89. The number of pyridine rings is 1. The number of carbonyl (C=O) groups is 2. The van der Waals surface area contributed by atoms with Crippen molar-refractivity contribution in [3.05, 3.63) is 59.9 Å². The fourth-order valence-corrected chi connectivity index (χ4v) is 3.76. The summed E-state index contributed by atoms with van der Waals surface area (Å²) in [5.74, 6) is -0.792. The predicted molar refractivity (Wildman–Crippen MR) is 96.4 cm³/mol. The van der Waals surface area contributed by atoms with E-state index in [1.54, 1.807) is 43.7 Å². The van der Waals surface area contributed by atoms with Crippen LogP contribution in [-0.2, 0) is 15.1 Å². The van der Waals surface area contributed by atoms with Crippen molar-refractivity contribution in [3.63, 3.8) is 0 Å². The number of fused-ring (bicyclic) bond motifs is 2. The molecule has 0 saturated heterocycles. The van der Waals surface area contributed by atoms with Gasteiger partial charge in [0.2, 0.25) is 5.91 Å². The van der Waals surface area contributed by atoms with Crippen LogP contribution in [0.25, 0.3) is 11.0 Å². The van der Waals surface area contributed by atoms with Gasteiger partial charge in [-0.3, -0.25) is 9.59 Å². The van der Waals surface area contributed by atoms with Gasteiger partial charge in [-0.1, -0.05) is 18.2 Å². The van der Waals surface area contributed by atoms with E-state index in [0.29, 0.717) is 27.8 Å². The highest BCUT2D eigenvalue weighted by Gasteiger charge is 2.56. The fraction of sp³-hybridized carbons (Fsp3) is 0.211. The first-order chi connectivity index (χ1) is 12.5. The molecule has 3 aromatic rings. The van der Waals surface area contributed by atoms with Gasteiger partial charge in [-0.25, -0.2) is 4.98 Å². The van der Waals surface area contributed by atoms with Gasteiger partial charge in [0.1, 0.15) is 11.8 Å². The highest BCUT2D eigenvalue weighted by atomic mass is 16.3. The number of rotatable bonds is 3. The molecule has 2 atom stereocenters. The Labute approximate surface area is 149 Å². The van der Waals surface area contributed by atoms with Gasteiger partial charge in [0.25, 0.3) is 5.91 Å². The number of likely N-dealkylation sites (N-methyl/N-ethyl adjacent to an activating group) is 1. The number of aromatic nitrogens is 2. The lowest BCUT2D eigenvalue weighted by atomic mass is 9.82. The zero-order valence-corrected chi connectivity index (χ0v) is 14.4. The van der Waals surface area contributed by atoms with E-state index in [0.717, 1.165) is 0 Å². The first-order valence-corrected chi connectivity index (χ1v) is 8.23. The second kappa shape index (κ2) is 5.67. The first kappa shape index (κ1) is 16.3. The van der Waals surface area contributed by atoms with E-state index >= 15 is 0 Å². The maximum atomic E-state index is 13.2. The van der Waals surface area contributed by atoms with E-state index in [1.807, 2.05) is 12.1 Å². The van der Waals surface area contributed by atoms with E-state index in [9.17, 15) is 14.7 Å². The minimum Gasteiger partial charge on any atom is -0.385 e. The SMILES string of the molecule is CC(=O)NC1(C(O)c2c[nH]c3ncccc23)C(=O)N(C)c2ccccc21. The molecule has 2 amide bonds. The molecular formula is C19H18N4O3. The summed E-state index contributed by atoms with van der Waals surface area (Å²) in [7, 11) is 1.63. The summed E-state index contributed by atoms with van der Waals surface area (Å²) in [5.41, 5.74) is 0.728. The molecule has 0 spiro atoms. The lowest BCUT2D eigenvalue weighted by Gasteiger charge is -2.33. The molecule has 4 rings (SSSR count). The number of nitrogens with zero attached hydrogens (tertiary/aromatic N) is 2. The van der Waals surface area contributed by atoms with E-state index < -0.39 is 17.6 Å². The number of aliphatic hydroxyl groups excluding tert-OH is 1. The molecule has 0 radical (unpaired) electrons. The van der Waals surface area contributed by atoms with Gasteiger partial charge in [-0.15, -0.1) is 0 Å². The third kappa shape index (κ3) is 2.07. The number of aromatic amines is 1. The van der Waals surface area contributed by atoms with E-state index in [4.69, 9.17) is 0 Å². The van der Waals surface area contributed by atoms with Gasteiger partial charge in [-0.05, 0) is 18.2 Å². The van der Waals surface area contributed by atoms with Crippen LogP contribution in [0.15, 0.2) is 48.8 Å². The van der Waals surface area contributed by atoms with Crippen LogP contribution in [-0.4, -0.2) is 33.9 Å². The number of amides is 2. The Kier molecular flexibility index (Phi) is 3.55. The highest BCUT2D eigenvalue weighted by Crippen LogP contribution is 2.47. The Bertz CT molecular complexity index is 1030. The second-order valence-electron chi connectivity index (χ2n) is 6.42. The van der Waals surface area contributed by atoms with Gasteiger partial charge >= 0.3 is 0 Å². The topological polar surface area (TPSA) is 98.3 Å². The van der Waals surface area contributed by atoms with Crippen LogP contribution in [0.4, 0.5) is 5.69 Å². The number of nitrogens with one attached hydrogen (secondary N) is 2. The zero-order valence-electron chi connectivity index (χ0n) is 14.4. The summed E-state index contributed by atoms with van der Waals surface area (Å²) in [4.78, 5) is 33.9.